The Kier molecular flexibility index (Phi) is 11.5. The Labute approximate surface area is 290 Å². The maximum absolute atomic E-state index is 13.6. The number of benzene rings is 5. The highest BCUT2D eigenvalue weighted by molar-refractivity contribution is 8.00. The number of rotatable bonds is 12. The summed E-state index contributed by atoms with van der Waals surface area (Å²) in [5.41, 5.74) is 5.24. The standard InChI is InChI=1S/C40H37N3O5S/c1-26-21-27(2)23-32(22-26)42-40(46)37(28-11-7-5-8-12-28)49-34-19-16-31(17-20-34)41-39(45)35(43-38(44)29-13-9-6-10-14-29)24-30-15-18-33(47-3)25-36(30)48-4/h5-25,37H,1-4H3,(H,41,45)(H,42,46)(H,43,44)/b35-24-. The van der Waals surface area contributed by atoms with Crippen molar-refractivity contribution in [1.29, 1.82) is 0 Å². The number of thioether (sulfide) groups is 1. The van der Waals surface area contributed by atoms with Gasteiger partial charge in [-0.15, -0.1) is 11.8 Å². The minimum absolute atomic E-state index is 0.0166. The maximum atomic E-state index is 13.6. The van der Waals surface area contributed by atoms with E-state index >= 15 is 0 Å². The van der Waals surface area contributed by atoms with Crippen LogP contribution < -0.4 is 25.4 Å². The number of carbonyl (C=O) groups excluding carboxylic acids is 3. The van der Waals surface area contributed by atoms with Crippen LogP contribution in [0, 0.1) is 13.8 Å². The summed E-state index contributed by atoms with van der Waals surface area (Å²) in [6, 6.07) is 36.6. The van der Waals surface area contributed by atoms with Gasteiger partial charge in [0.15, 0.2) is 0 Å². The molecule has 3 N–H and O–H groups in total. The fourth-order valence-electron chi connectivity index (χ4n) is 5.14. The van der Waals surface area contributed by atoms with Gasteiger partial charge in [-0.25, -0.2) is 0 Å². The predicted molar refractivity (Wildman–Crippen MR) is 196 cm³/mol. The average Bonchev–Trinajstić information content (AvgIpc) is 3.11. The number of nitrogens with one attached hydrogen (secondary N) is 3. The normalized spacial score (nSPS) is 11.6. The molecule has 5 rings (SSSR count). The van der Waals surface area contributed by atoms with E-state index in [1.807, 2.05) is 74.5 Å². The van der Waals surface area contributed by atoms with Gasteiger partial charge in [-0.2, -0.15) is 0 Å². The largest absolute Gasteiger partial charge is 0.497 e. The predicted octanol–water partition coefficient (Wildman–Crippen LogP) is 8.20. The van der Waals surface area contributed by atoms with Crippen LogP contribution in [-0.4, -0.2) is 31.9 Å². The number of amides is 3. The number of hydrogen-bond donors (Lipinski definition) is 3. The second-order valence-corrected chi connectivity index (χ2v) is 12.4. The van der Waals surface area contributed by atoms with Crippen LogP contribution >= 0.6 is 11.8 Å². The van der Waals surface area contributed by atoms with Crippen molar-refractivity contribution in [3.63, 3.8) is 0 Å². The van der Waals surface area contributed by atoms with E-state index in [9.17, 15) is 14.4 Å². The Morgan fingerprint density at radius 3 is 1.98 bits per heavy atom. The van der Waals surface area contributed by atoms with Gasteiger partial charge >= 0.3 is 0 Å². The smallest absolute Gasteiger partial charge is 0.272 e. The quantitative estimate of drug-likeness (QED) is 0.0913. The van der Waals surface area contributed by atoms with Gasteiger partial charge in [-0.05, 0) is 97.3 Å². The second kappa shape index (κ2) is 16.3. The lowest BCUT2D eigenvalue weighted by molar-refractivity contribution is -0.116. The molecule has 1 atom stereocenters. The molecule has 8 nitrogen and oxygen atoms in total. The first-order chi connectivity index (χ1) is 23.7. The first-order valence-corrected chi connectivity index (χ1v) is 16.4. The van der Waals surface area contributed by atoms with E-state index in [0.29, 0.717) is 28.3 Å². The van der Waals surface area contributed by atoms with Gasteiger partial charge in [0.25, 0.3) is 11.8 Å². The fraction of sp³-hybridized carbons (Fsp3) is 0.125. The van der Waals surface area contributed by atoms with Crippen molar-refractivity contribution in [1.82, 2.24) is 5.32 Å². The third-order valence-corrected chi connectivity index (χ3v) is 8.73. The molecule has 49 heavy (non-hydrogen) atoms. The lowest BCUT2D eigenvalue weighted by Gasteiger charge is -2.18. The van der Waals surface area contributed by atoms with Crippen molar-refractivity contribution in [3.8, 4) is 11.5 Å². The molecule has 5 aromatic rings. The zero-order valence-electron chi connectivity index (χ0n) is 27.7. The molecular weight excluding hydrogens is 635 g/mol. The number of anilines is 2. The highest BCUT2D eigenvalue weighted by Gasteiger charge is 2.23. The zero-order valence-corrected chi connectivity index (χ0v) is 28.5. The van der Waals surface area contributed by atoms with Crippen molar-refractivity contribution in [2.24, 2.45) is 0 Å². The molecule has 0 fully saturated rings. The molecule has 248 valence electrons. The summed E-state index contributed by atoms with van der Waals surface area (Å²) in [4.78, 5) is 41.2. The lowest BCUT2D eigenvalue weighted by Crippen LogP contribution is -2.30. The second-order valence-electron chi connectivity index (χ2n) is 11.2. The van der Waals surface area contributed by atoms with Gasteiger partial charge in [0.2, 0.25) is 5.91 Å². The Bertz CT molecular complexity index is 1940. The third kappa shape index (κ3) is 9.39. The number of methoxy groups -OCH3 is 2. The molecule has 0 aliphatic rings. The molecule has 0 aliphatic carbocycles. The Morgan fingerprint density at radius 1 is 0.694 bits per heavy atom. The molecule has 0 saturated carbocycles. The highest BCUT2D eigenvalue weighted by atomic mass is 32.2. The van der Waals surface area contributed by atoms with Gasteiger partial charge in [-0.3, -0.25) is 14.4 Å². The molecule has 3 amide bonds. The van der Waals surface area contributed by atoms with Crippen LogP contribution in [0.15, 0.2) is 132 Å². The summed E-state index contributed by atoms with van der Waals surface area (Å²) in [5.74, 6) is -0.0562. The summed E-state index contributed by atoms with van der Waals surface area (Å²) < 4.78 is 10.8. The van der Waals surface area contributed by atoms with E-state index in [2.05, 4.69) is 22.0 Å². The molecule has 9 heteroatoms. The van der Waals surface area contributed by atoms with E-state index in [0.717, 1.165) is 27.3 Å². The summed E-state index contributed by atoms with van der Waals surface area (Å²) in [6.45, 7) is 4.00. The van der Waals surface area contributed by atoms with Gasteiger partial charge in [-0.1, -0.05) is 54.6 Å². The zero-order chi connectivity index (χ0) is 34.8. The molecule has 0 heterocycles. The van der Waals surface area contributed by atoms with E-state index < -0.39 is 17.1 Å². The molecule has 0 bridgehead atoms. The summed E-state index contributed by atoms with van der Waals surface area (Å²) in [6.07, 6.45) is 1.55. The molecule has 0 aliphatic heterocycles. The van der Waals surface area contributed by atoms with E-state index in [1.54, 1.807) is 67.8 Å². The van der Waals surface area contributed by atoms with Crippen LogP contribution in [-0.2, 0) is 9.59 Å². The summed E-state index contributed by atoms with van der Waals surface area (Å²) in [7, 11) is 3.07. The summed E-state index contributed by atoms with van der Waals surface area (Å²) >= 11 is 1.41. The van der Waals surface area contributed by atoms with E-state index in [1.165, 1.54) is 18.9 Å². The van der Waals surface area contributed by atoms with Crippen molar-refractivity contribution >= 4 is 46.9 Å². The van der Waals surface area contributed by atoms with Crippen LogP contribution in [0.4, 0.5) is 11.4 Å². The summed E-state index contributed by atoms with van der Waals surface area (Å²) in [5, 5.41) is 8.19. The number of hydrogen-bond acceptors (Lipinski definition) is 6. The average molecular weight is 672 g/mol. The minimum Gasteiger partial charge on any atom is -0.497 e. The van der Waals surface area contributed by atoms with Gasteiger partial charge < -0.3 is 25.4 Å². The number of ether oxygens (including phenoxy) is 2. The van der Waals surface area contributed by atoms with Gasteiger partial charge in [0, 0.05) is 33.5 Å². The van der Waals surface area contributed by atoms with Crippen LogP contribution in [0.25, 0.3) is 6.08 Å². The van der Waals surface area contributed by atoms with Crippen molar-refractivity contribution < 1.29 is 23.9 Å². The number of aryl methyl sites for hydroxylation is 2. The molecule has 0 spiro atoms. The SMILES string of the molecule is COc1ccc(/C=C(\NC(=O)c2ccccc2)C(=O)Nc2ccc(SC(C(=O)Nc3cc(C)cc(C)c3)c3ccccc3)cc2)c(OC)c1. The Balaban J connectivity index is 1.36. The van der Waals surface area contributed by atoms with Crippen molar-refractivity contribution in [2.45, 2.75) is 24.0 Å². The fourth-order valence-corrected chi connectivity index (χ4v) is 6.17. The van der Waals surface area contributed by atoms with Crippen molar-refractivity contribution in [2.75, 3.05) is 24.9 Å². The van der Waals surface area contributed by atoms with Crippen molar-refractivity contribution in [3.05, 3.63) is 155 Å². The number of carbonyl (C=O) groups is 3. The minimum atomic E-state index is -0.530. The first kappa shape index (κ1) is 34.5. The molecule has 1 unspecified atom stereocenters. The first-order valence-electron chi connectivity index (χ1n) is 15.5. The van der Waals surface area contributed by atoms with Crippen LogP contribution in [0.1, 0.15) is 37.9 Å². The van der Waals surface area contributed by atoms with Crippen LogP contribution in [0.5, 0.6) is 11.5 Å². The van der Waals surface area contributed by atoms with Gasteiger partial charge in [0.1, 0.15) is 22.4 Å². The highest BCUT2D eigenvalue weighted by Crippen LogP contribution is 2.37. The van der Waals surface area contributed by atoms with E-state index in [4.69, 9.17) is 9.47 Å². The monoisotopic (exact) mass is 671 g/mol. The van der Waals surface area contributed by atoms with E-state index in [-0.39, 0.29) is 11.6 Å². The topological polar surface area (TPSA) is 106 Å². The Hall–Kier alpha value is -5.80. The molecular formula is C40H37N3O5S. The van der Waals surface area contributed by atoms with Crippen LogP contribution in [0.2, 0.25) is 0 Å². The van der Waals surface area contributed by atoms with Crippen LogP contribution in [0.3, 0.4) is 0 Å². The third-order valence-electron chi connectivity index (χ3n) is 7.47. The Morgan fingerprint density at radius 2 is 1.35 bits per heavy atom. The van der Waals surface area contributed by atoms with Gasteiger partial charge in [0.05, 0.1) is 14.2 Å². The lowest BCUT2D eigenvalue weighted by atomic mass is 10.1. The molecule has 0 saturated heterocycles. The maximum Gasteiger partial charge on any atom is 0.272 e. The molecule has 0 aromatic heterocycles. The molecule has 0 radical (unpaired) electrons. The molecule has 5 aromatic carbocycles.